The van der Waals surface area contributed by atoms with E-state index in [1.807, 2.05) is 0 Å². The number of alkyl halides is 3. The van der Waals surface area contributed by atoms with E-state index in [1.54, 1.807) is 0 Å². The molecule has 7 heteroatoms. The van der Waals surface area contributed by atoms with Gasteiger partial charge in [-0.25, -0.2) is 9.50 Å². The fourth-order valence-electron chi connectivity index (χ4n) is 2.71. The smallest absolute Gasteiger partial charge is 0.396 e. The highest BCUT2D eigenvalue weighted by atomic mass is 19.4. The van der Waals surface area contributed by atoms with Gasteiger partial charge in [-0.05, 0) is 12.8 Å². The Morgan fingerprint density at radius 2 is 1.95 bits per heavy atom. The zero-order valence-electron chi connectivity index (χ0n) is 10.1. The van der Waals surface area contributed by atoms with E-state index in [-0.39, 0.29) is 11.6 Å². The van der Waals surface area contributed by atoms with Gasteiger partial charge >= 0.3 is 6.18 Å². The summed E-state index contributed by atoms with van der Waals surface area (Å²) in [5.41, 5.74) is 6.23. The van der Waals surface area contributed by atoms with Crippen LogP contribution < -0.4 is 5.73 Å². The highest BCUT2D eigenvalue weighted by Crippen LogP contribution is 2.37. The minimum absolute atomic E-state index is 0.173. The molecule has 3 rings (SSSR count). The SMILES string of the molecule is Nc1cnc2cc(C(F)(F)F)nn2c1C1CCCC1. The number of halogens is 3. The van der Waals surface area contributed by atoms with E-state index < -0.39 is 11.9 Å². The predicted molar refractivity (Wildman–Crippen MR) is 63.6 cm³/mol. The fourth-order valence-corrected chi connectivity index (χ4v) is 2.71. The van der Waals surface area contributed by atoms with Crippen LogP contribution in [0.3, 0.4) is 0 Å². The average Bonchev–Trinajstić information content (AvgIpc) is 2.94. The van der Waals surface area contributed by atoms with Crippen molar-refractivity contribution in [3.8, 4) is 0 Å². The zero-order chi connectivity index (χ0) is 13.6. The first kappa shape index (κ1) is 12.3. The van der Waals surface area contributed by atoms with Gasteiger partial charge in [-0.3, -0.25) is 0 Å². The van der Waals surface area contributed by atoms with Crippen LogP contribution in [-0.4, -0.2) is 14.6 Å². The normalized spacial score (nSPS) is 17.4. The van der Waals surface area contributed by atoms with Crippen LogP contribution in [-0.2, 0) is 6.18 Å². The molecule has 0 aliphatic heterocycles. The predicted octanol–water partition coefficient (Wildman–Crippen LogP) is 2.99. The monoisotopic (exact) mass is 270 g/mol. The number of fused-ring (bicyclic) bond motifs is 1. The van der Waals surface area contributed by atoms with Crippen molar-refractivity contribution in [1.82, 2.24) is 14.6 Å². The van der Waals surface area contributed by atoms with E-state index in [0.29, 0.717) is 11.4 Å². The lowest BCUT2D eigenvalue weighted by Gasteiger charge is -2.13. The first-order valence-corrected chi connectivity index (χ1v) is 6.18. The Bertz CT molecular complexity index is 611. The lowest BCUT2D eigenvalue weighted by molar-refractivity contribution is -0.141. The van der Waals surface area contributed by atoms with E-state index in [4.69, 9.17) is 5.73 Å². The van der Waals surface area contributed by atoms with Crippen molar-refractivity contribution in [2.24, 2.45) is 0 Å². The van der Waals surface area contributed by atoms with Crippen LogP contribution in [0.25, 0.3) is 5.65 Å². The van der Waals surface area contributed by atoms with Crippen LogP contribution in [0.4, 0.5) is 18.9 Å². The molecule has 4 nitrogen and oxygen atoms in total. The molecule has 1 aliphatic rings. The largest absolute Gasteiger partial charge is 0.435 e. The van der Waals surface area contributed by atoms with Crippen molar-refractivity contribution in [3.63, 3.8) is 0 Å². The third-order valence-electron chi connectivity index (χ3n) is 3.58. The van der Waals surface area contributed by atoms with E-state index in [9.17, 15) is 13.2 Å². The Labute approximate surface area is 107 Å². The molecule has 2 N–H and O–H groups in total. The van der Waals surface area contributed by atoms with Crippen molar-refractivity contribution in [2.45, 2.75) is 37.8 Å². The Hall–Kier alpha value is -1.79. The Morgan fingerprint density at radius 1 is 1.26 bits per heavy atom. The average molecular weight is 270 g/mol. The molecule has 0 aromatic carbocycles. The first-order chi connectivity index (χ1) is 8.97. The maximum absolute atomic E-state index is 12.7. The minimum atomic E-state index is -4.46. The summed E-state index contributed by atoms with van der Waals surface area (Å²) in [6.07, 6.45) is 0.970. The molecule has 2 aromatic rings. The maximum Gasteiger partial charge on any atom is 0.435 e. The molecular formula is C12H13F3N4. The van der Waals surface area contributed by atoms with Gasteiger partial charge in [-0.1, -0.05) is 12.8 Å². The molecule has 0 atom stereocenters. The molecule has 0 amide bonds. The molecule has 0 spiro atoms. The van der Waals surface area contributed by atoms with E-state index >= 15 is 0 Å². The number of nitrogen functional groups attached to an aromatic ring is 1. The van der Waals surface area contributed by atoms with Gasteiger partial charge in [-0.15, -0.1) is 0 Å². The lowest BCUT2D eigenvalue weighted by atomic mass is 10.0. The van der Waals surface area contributed by atoms with Gasteiger partial charge in [-0.2, -0.15) is 18.3 Å². The molecule has 1 aliphatic carbocycles. The molecule has 1 fully saturated rings. The van der Waals surface area contributed by atoms with Gasteiger partial charge in [0.25, 0.3) is 0 Å². The second kappa shape index (κ2) is 4.11. The standard InChI is InChI=1S/C12H13F3N4/c13-12(14,15)9-5-10-17-6-8(16)11(19(10)18-9)7-3-1-2-4-7/h5-7H,1-4,16H2. The number of nitrogens with two attached hydrogens (primary N) is 1. The summed E-state index contributed by atoms with van der Waals surface area (Å²) in [6, 6.07) is 0.956. The van der Waals surface area contributed by atoms with E-state index in [2.05, 4.69) is 10.1 Å². The fraction of sp³-hybridized carbons (Fsp3) is 0.500. The molecule has 2 aromatic heterocycles. The molecule has 0 saturated heterocycles. The number of hydrogen-bond acceptors (Lipinski definition) is 3. The van der Waals surface area contributed by atoms with Crippen molar-refractivity contribution in [1.29, 1.82) is 0 Å². The first-order valence-electron chi connectivity index (χ1n) is 6.18. The molecular weight excluding hydrogens is 257 g/mol. The second-order valence-corrected chi connectivity index (χ2v) is 4.88. The van der Waals surface area contributed by atoms with E-state index in [1.165, 1.54) is 10.7 Å². The third-order valence-corrected chi connectivity index (χ3v) is 3.58. The number of rotatable bonds is 1. The van der Waals surface area contributed by atoms with Gasteiger partial charge in [0.15, 0.2) is 11.3 Å². The molecule has 0 radical (unpaired) electrons. The number of aromatic nitrogens is 3. The molecule has 102 valence electrons. The summed E-state index contributed by atoms with van der Waals surface area (Å²) in [4.78, 5) is 3.92. The summed E-state index contributed by atoms with van der Waals surface area (Å²) in [6.45, 7) is 0. The molecule has 19 heavy (non-hydrogen) atoms. The van der Waals surface area contributed by atoms with E-state index in [0.717, 1.165) is 31.7 Å². The Kier molecular flexibility index (Phi) is 2.65. The topological polar surface area (TPSA) is 56.2 Å². The quantitative estimate of drug-likeness (QED) is 0.866. The van der Waals surface area contributed by atoms with Gasteiger partial charge in [0.05, 0.1) is 17.6 Å². The Morgan fingerprint density at radius 3 is 2.58 bits per heavy atom. The molecule has 2 heterocycles. The molecule has 0 unspecified atom stereocenters. The van der Waals surface area contributed by atoms with Crippen molar-refractivity contribution >= 4 is 11.3 Å². The maximum atomic E-state index is 12.7. The van der Waals surface area contributed by atoms with Crippen molar-refractivity contribution in [3.05, 3.63) is 23.7 Å². The van der Waals surface area contributed by atoms with Gasteiger partial charge in [0.2, 0.25) is 0 Å². The van der Waals surface area contributed by atoms with Gasteiger partial charge in [0.1, 0.15) is 0 Å². The third kappa shape index (κ3) is 2.02. The summed E-state index contributed by atoms with van der Waals surface area (Å²) >= 11 is 0. The highest BCUT2D eigenvalue weighted by molar-refractivity contribution is 5.51. The summed E-state index contributed by atoms with van der Waals surface area (Å²) < 4.78 is 39.4. The number of nitrogens with zero attached hydrogens (tertiary/aromatic N) is 3. The Balaban J connectivity index is 2.19. The van der Waals surface area contributed by atoms with Gasteiger partial charge in [0, 0.05) is 12.0 Å². The van der Waals surface area contributed by atoms with Crippen LogP contribution in [0, 0.1) is 0 Å². The van der Waals surface area contributed by atoms with Gasteiger partial charge < -0.3 is 5.73 Å². The number of anilines is 1. The van der Waals surface area contributed by atoms with Crippen molar-refractivity contribution < 1.29 is 13.2 Å². The summed E-state index contributed by atoms with van der Waals surface area (Å²) in [5.74, 6) is 0.173. The molecule has 0 bridgehead atoms. The molecule has 1 saturated carbocycles. The highest BCUT2D eigenvalue weighted by Gasteiger charge is 2.35. The number of hydrogen-bond donors (Lipinski definition) is 1. The minimum Gasteiger partial charge on any atom is -0.396 e. The second-order valence-electron chi connectivity index (χ2n) is 4.88. The van der Waals surface area contributed by atoms with Crippen LogP contribution in [0.1, 0.15) is 43.0 Å². The summed E-state index contributed by atoms with van der Waals surface area (Å²) in [5, 5.41) is 3.64. The lowest BCUT2D eigenvalue weighted by Crippen LogP contribution is -2.10. The van der Waals surface area contributed by atoms with Crippen LogP contribution in [0.15, 0.2) is 12.3 Å². The van der Waals surface area contributed by atoms with Crippen LogP contribution >= 0.6 is 0 Å². The van der Waals surface area contributed by atoms with Crippen LogP contribution in [0.5, 0.6) is 0 Å². The summed E-state index contributed by atoms with van der Waals surface area (Å²) in [7, 11) is 0. The van der Waals surface area contributed by atoms with Crippen LogP contribution in [0.2, 0.25) is 0 Å². The zero-order valence-corrected chi connectivity index (χ0v) is 10.1. The van der Waals surface area contributed by atoms with Crippen molar-refractivity contribution in [2.75, 3.05) is 5.73 Å².